The van der Waals surface area contributed by atoms with Gasteiger partial charge in [-0.2, -0.15) is 4.31 Å². The molecule has 30 heavy (non-hydrogen) atoms. The van der Waals surface area contributed by atoms with E-state index in [4.69, 9.17) is 9.47 Å². The highest BCUT2D eigenvalue weighted by molar-refractivity contribution is 7.89. The van der Waals surface area contributed by atoms with Gasteiger partial charge in [0, 0.05) is 30.8 Å². The quantitative estimate of drug-likeness (QED) is 0.544. The van der Waals surface area contributed by atoms with Crippen LogP contribution in [0.15, 0.2) is 41.3 Å². The third-order valence-corrected chi connectivity index (χ3v) is 6.60. The van der Waals surface area contributed by atoms with Gasteiger partial charge < -0.3 is 14.8 Å². The SMILES string of the molecule is COc1ccc([N+](=O)[O-])cc1NC(=O)c1cc(S(=O)(=O)N2CCOCC2)ccc1C. The van der Waals surface area contributed by atoms with E-state index in [1.807, 2.05) is 0 Å². The number of carbonyl (C=O) groups is 1. The Morgan fingerprint density at radius 3 is 2.53 bits per heavy atom. The van der Waals surface area contributed by atoms with Gasteiger partial charge in [0.25, 0.3) is 11.6 Å². The van der Waals surface area contributed by atoms with Crippen LogP contribution in [0.25, 0.3) is 0 Å². The lowest BCUT2D eigenvalue weighted by Crippen LogP contribution is -2.40. The zero-order valence-corrected chi connectivity index (χ0v) is 17.3. The van der Waals surface area contributed by atoms with Crippen molar-refractivity contribution < 1.29 is 27.6 Å². The minimum absolute atomic E-state index is 0.00819. The van der Waals surface area contributed by atoms with E-state index in [9.17, 15) is 23.3 Å². The van der Waals surface area contributed by atoms with Crippen LogP contribution in [0.3, 0.4) is 0 Å². The van der Waals surface area contributed by atoms with Crippen molar-refractivity contribution in [1.29, 1.82) is 0 Å². The van der Waals surface area contributed by atoms with Gasteiger partial charge >= 0.3 is 0 Å². The zero-order valence-electron chi connectivity index (χ0n) is 16.5. The van der Waals surface area contributed by atoms with Crippen molar-refractivity contribution in [2.24, 2.45) is 0 Å². The van der Waals surface area contributed by atoms with Crippen LogP contribution in [0.2, 0.25) is 0 Å². The van der Waals surface area contributed by atoms with E-state index < -0.39 is 20.9 Å². The molecular weight excluding hydrogens is 414 g/mol. The molecule has 1 heterocycles. The Kier molecular flexibility index (Phi) is 6.34. The number of carbonyl (C=O) groups excluding carboxylic acids is 1. The summed E-state index contributed by atoms with van der Waals surface area (Å²) in [7, 11) is -2.41. The number of rotatable bonds is 6. The molecule has 3 rings (SSSR count). The Labute approximate surface area is 173 Å². The lowest BCUT2D eigenvalue weighted by Gasteiger charge is -2.26. The number of amides is 1. The number of nitro benzene ring substituents is 1. The Bertz CT molecular complexity index is 1080. The second kappa shape index (κ2) is 8.78. The van der Waals surface area contributed by atoms with Gasteiger partial charge in [-0.3, -0.25) is 14.9 Å². The molecule has 0 bridgehead atoms. The number of anilines is 1. The summed E-state index contributed by atoms with van der Waals surface area (Å²) in [5, 5.41) is 13.6. The number of non-ortho nitro benzene ring substituents is 1. The predicted molar refractivity (Wildman–Crippen MR) is 108 cm³/mol. The monoisotopic (exact) mass is 435 g/mol. The van der Waals surface area contributed by atoms with Gasteiger partial charge in [-0.15, -0.1) is 0 Å². The number of sulfonamides is 1. The summed E-state index contributed by atoms with van der Waals surface area (Å²) in [6, 6.07) is 8.12. The number of methoxy groups -OCH3 is 1. The lowest BCUT2D eigenvalue weighted by molar-refractivity contribution is -0.384. The van der Waals surface area contributed by atoms with E-state index in [1.165, 1.54) is 41.7 Å². The number of aryl methyl sites for hydroxylation is 1. The van der Waals surface area contributed by atoms with Gasteiger partial charge in [-0.25, -0.2) is 8.42 Å². The van der Waals surface area contributed by atoms with Crippen molar-refractivity contribution in [3.8, 4) is 5.75 Å². The molecule has 0 unspecified atom stereocenters. The third kappa shape index (κ3) is 4.42. The maximum absolute atomic E-state index is 12.9. The summed E-state index contributed by atoms with van der Waals surface area (Å²) in [4.78, 5) is 23.3. The van der Waals surface area contributed by atoms with E-state index in [1.54, 1.807) is 13.0 Å². The van der Waals surface area contributed by atoms with Gasteiger partial charge in [0.05, 0.1) is 35.8 Å². The maximum atomic E-state index is 12.9. The van der Waals surface area contributed by atoms with Crippen LogP contribution >= 0.6 is 0 Å². The lowest BCUT2D eigenvalue weighted by atomic mass is 10.1. The van der Waals surface area contributed by atoms with Crippen LogP contribution < -0.4 is 10.1 Å². The number of hydrogen-bond donors (Lipinski definition) is 1. The first-order valence-electron chi connectivity index (χ1n) is 9.06. The van der Waals surface area contributed by atoms with Crippen molar-refractivity contribution in [3.63, 3.8) is 0 Å². The van der Waals surface area contributed by atoms with Gasteiger partial charge in [0.2, 0.25) is 10.0 Å². The molecule has 1 fully saturated rings. The van der Waals surface area contributed by atoms with Crippen molar-refractivity contribution in [3.05, 3.63) is 57.6 Å². The molecule has 1 saturated heterocycles. The van der Waals surface area contributed by atoms with Crippen molar-refractivity contribution in [2.45, 2.75) is 11.8 Å². The van der Waals surface area contributed by atoms with E-state index in [0.717, 1.165) is 0 Å². The van der Waals surface area contributed by atoms with Crippen LogP contribution in [0.4, 0.5) is 11.4 Å². The molecule has 0 radical (unpaired) electrons. The highest BCUT2D eigenvalue weighted by atomic mass is 32.2. The molecule has 1 aliphatic heterocycles. The largest absolute Gasteiger partial charge is 0.495 e. The molecular formula is C19H21N3O7S. The zero-order chi connectivity index (χ0) is 21.9. The molecule has 0 aliphatic carbocycles. The first-order valence-corrected chi connectivity index (χ1v) is 10.5. The number of nitrogens with one attached hydrogen (secondary N) is 1. The number of ether oxygens (including phenoxy) is 2. The summed E-state index contributed by atoms with van der Waals surface area (Å²) in [6.07, 6.45) is 0. The smallest absolute Gasteiger partial charge is 0.271 e. The highest BCUT2D eigenvalue weighted by Crippen LogP contribution is 2.30. The summed E-state index contributed by atoms with van der Waals surface area (Å²) >= 11 is 0. The number of hydrogen-bond acceptors (Lipinski definition) is 7. The van der Waals surface area contributed by atoms with E-state index in [0.29, 0.717) is 18.8 Å². The molecule has 160 valence electrons. The number of nitrogens with zero attached hydrogens (tertiary/aromatic N) is 2. The average Bonchev–Trinajstić information content (AvgIpc) is 2.74. The molecule has 2 aromatic rings. The van der Waals surface area contributed by atoms with Gasteiger partial charge in [0.1, 0.15) is 5.75 Å². The van der Waals surface area contributed by atoms with E-state index >= 15 is 0 Å². The molecule has 2 aromatic carbocycles. The average molecular weight is 435 g/mol. The normalized spacial score (nSPS) is 14.9. The van der Waals surface area contributed by atoms with E-state index in [-0.39, 0.29) is 40.7 Å². The maximum Gasteiger partial charge on any atom is 0.271 e. The van der Waals surface area contributed by atoms with Crippen LogP contribution in [0, 0.1) is 17.0 Å². The number of nitro groups is 1. The fourth-order valence-corrected chi connectivity index (χ4v) is 4.47. The first kappa shape index (κ1) is 21.7. The minimum Gasteiger partial charge on any atom is -0.495 e. The Morgan fingerprint density at radius 1 is 1.20 bits per heavy atom. The molecule has 11 heteroatoms. The molecule has 10 nitrogen and oxygen atoms in total. The predicted octanol–water partition coefficient (Wildman–Crippen LogP) is 2.19. The van der Waals surface area contributed by atoms with Crippen molar-refractivity contribution in [1.82, 2.24) is 4.31 Å². The number of benzene rings is 2. The summed E-state index contributed by atoms with van der Waals surface area (Å²) < 4.78 is 37.5. The van der Waals surface area contributed by atoms with E-state index in [2.05, 4.69) is 5.32 Å². The number of morpholine rings is 1. The Hall–Kier alpha value is -3.02. The highest BCUT2D eigenvalue weighted by Gasteiger charge is 2.27. The third-order valence-electron chi connectivity index (χ3n) is 4.70. The molecule has 1 amide bonds. The Balaban J connectivity index is 1.93. The molecule has 0 aromatic heterocycles. The topological polar surface area (TPSA) is 128 Å². The second-order valence-electron chi connectivity index (χ2n) is 6.59. The van der Waals surface area contributed by atoms with Crippen LogP contribution in [-0.2, 0) is 14.8 Å². The van der Waals surface area contributed by atoms with Gasteiger partial charge in [-0.05, 0) is 30.7 Å². The van der Waals surface area contributed by atoms with Gasteiger partial charge in [-0.1, -0.05) is 6.07 Å². The van der Waals surface area contributed by atoms with Gasteiger partial charge in [0.15, 0.2) is 0 Å². The summed E-state index contributed by atoms with van der Waals surface area (Å²) in [6.45, 7) is 2.77. The summed E-state index contributed by atoms with van der Waals surface area (Å²) in [5.74, 6) is -0.367. The van der Waals surface area contributed by atoms with Crippen LogP contribution in [-0.4, -0.2) is 57.0 Å². The molecule has 1 aliphatic rings. The Morgan fingerprint density at radius 2 is 1.90 bits per heavy atom. The first-order chi connectivity index (χ1) is 14.2. The van der Waals surface area contributed by atoms with Crippen LogP contribution in [0.5, 0.6) is 5.75 Å². The molecule has 0 saturated carbocycles. The molecule has 1 N–H and O–H groups in total. The minimum atomic E-state index is -3.78. The summed E-state index contributed by atoms with van der Waals surface area (Å²) in [5.41, 5.74) is 0.583. The fraction of sp³-hybridized carbons (Fsp3) is 0.316. The molecule has 0 atom stereocenters. The fourth-order valence-electron chi connectivity index (χ4n) is 3.04. The standard InChI is InChI=1S/C19H21N3O7S/c1-13-3-5-15(30(26,27)21-7-9-29-10-8-21)12-16(13)19(23)20-17-11-14(22(24)25)4-6-18(17)28-2/h3-6,11-12H,7-10H2,1-2H3,(H,20,23). The van der Waals surface area contributed by atoms with Crippen LogP contribution in [0.1, 0.15) is 15.9 Å². The second-order valence-corrected chi connectivity index (χ2v) is 8.53. The molecule has 0 spiro atoms. The van der Waals surface area contributed by atoms with Crippen molar-refractivity contribution in [2.75, 3.05) is 38.7 Å². The van der Waals surface area contributed by atoms with Crippen molar-refractivity contribution >= 4 is 27.3 Å².